The van der Waals surface area contributed by atoms with E-state index in [4.69, 9.17) is 4.18 Å². The van der Waals surface area contributed by atoms with E-state index in [2.05, 4.69) is 0 Å². The lowest BCUT2D eigenvalue weighted by atomic mass is 9.96. The maximum absolute atomic E-state index is 12.0. The number of hydrogen-bond acceptors (Lipinski definition) is 3. The van der Waals surface area contributed by atoms with Gasteiger partial charge in [0.25, 0.3) is 10.1 Å². The molecule has 0 aliphatic heterocycles. The van der Waals surface area contributed by atoms with Gasteiger partial charge in [0.1, 0.15) is 4.75 Å². The first-order chi connectivity index (χ1) is 7.41. The Labute approximate surface area is 98.3 Å². The molecule has 0 saturated heterocycles. The lowest BCUT2D eigenvalue weighted by Gasteiger charge is -2.27. The van der Waals surface area contributed by atoms with E-state index in [-0.39, 0.29) is 6.61 Å². The Balaban J connectivity index is 2.76. The van der Waals surface area contributed by atoms with Crippen molar-refractivity contribution in [1.82, 2.24) is 0 Å². The molecule has 3 nitrogen and oxygen atoms in total. The minimum absolute atomic E-state index is 0.283. The van der Waals surface area contributed by atoms with Crippen LogP contribution in [0.4, 0.5) is 0 Å². The van der Waals surface area contributed by atoms with Gasteiger partial charge < -0.3 is 0 Å². The second-order valence-corrected chi connectivity index (χ2v) is 6.57. The second kappa shape index (κ2) is 5.15. The van der Waals surface area contributed by atoms with Gasteiger partial charge in [-0.05, 0) is 26.7 Å². The maximum atomic E-state index is 12.0. The smallest absolute Gasteiger partial charge is 0.269 e. The fraction of sp³-hybridized carbons (Fsp3) is 0.667. The normalized spacial score (nSPS) is 25.6. The molecule has 4 heteroatoms. The summed E-state index contributed by atoms with van der Waals surface area (Å²) in [6, 6.07) is 0. The molecule has 92 valence electrons. The van der Waals surface area contributed by atoms with Crippen LogP contribution in [0.1, 0.15) is 40.0 Å². The van der Waals surface area contributed by atoms with Gasteiger partial charge in [-0.15, -0.1) is 0 Å². The molecule has 0 aromatic carbocycles. The molecule has 16 heavy (non-hydrogen) atoms. The predicted molar refractivity (Wildman–Crippen MR) is 65.7 cm³/mol. The molecule has 0 spiro atoms. The maximum Gasteiger partial charge on any atom is 0.276 e. The third-order valence-electron chi connectivity index (χ3n) is 2.77. The molecule has 0 aromatic heterocycles. The van der Waals surface area contributed by atoms with Gasteiger partial charge in [-0.1, -0.05) is 37.1 Å². The Kier molecular flexibility index (Phi) is 4.33. The molecule has 1 rings (SSSR count). The first-order valence-electron chi connectivity index (χ1n) is 5.65. The van der Waals surface area contributed by atoms with Crippen LogP contribution in [0.2, 0.25) is 0 Å². The monoisotopic (exact) mass is 244 g/mol. The summed E-state index contributed by atoms with van der Waals surface area (Å²) < 4.78 is 28.2. The van der Waals surface area contributed by atoms with Crippen molar-refractivity contribution in [2.45, 2.75) is 44.8 Å². The summed E-state index contributed by atoms with van der Waals surface area (Å²) in [6.07, 6.45) is 7.65. The quantitative estimate of drug-likeness (QED) is 0.551. The minimum Gasteiger partial charge on any atom is -0.269 e. The zero-order valence-corrected chi connectivity index (χ0v) is 11.0. The number of unbranched alkanes of at least 4 members (excludes halogenated alkanes) is 1. The molecule has 0 amide bonds. The average Bonchev–Trinajstić information content (AvgIpc) is 2.17. The van der Waals surface area contributed by atoms with Crippen molar-refractivity contribution in [2.24, 2.45) is 0 Å². The van der Waals surface area contributed by atoms with Gasteiger partial charge in [0, 0.05) is 0 Å². The summed E-state index contributed by atoms with van der Waals surface area (Å²) in [6.45, 7) is 5.93. The molecule has 0 aromatic rings. The Morgan fingerprint density at radius 2 is 2.19 bits per heavy atom. The van der Waals surface area contributed by atoms with Crippen LogP contribution < -0.4 is 0 Å². The van der Waals surface area contributed by atoms with Gasteiger partial charge in [-0.3, -0.25) is 4.18 Å². The highest BCUT2D eigenvalue weighted by molar-refractivity contribution is 7.88. The Morgan fingerprint density at radius 3 is 2.75 bits per heavy atom. The molecule has 0 radical (unpaired) electrons. The Hall–Kier alpha value is -0.610. The van der Waals surface area contributed by atoms with E-state index in [9.17, 15) is 8.42 Å². The number of hydrogen-bond donors (Lipinski definition) is 0. The number of allylic oxidation sites excluding steroid dienone is 3. The summed E-state index contributed by atoms with van der Waals surface area (Å²) in [5, 5.41) is 0. The largest absolute Gasteiger partial charge is 0.276 e. The van der Waals surface area contributed by atoms with Crippen molar-refractivity contribution in [3.05, 3.63) is 23.8 Å². The topological polar surface area (TPSA) is 43.4 Å². The molecule has 0 fully saturated rings. The molecule has 0 saturated carbocycles. The van der Waals surface area contributed by atoms with Gasteiger partial charge in [-0.2, -0.15) is 8.42 Å². The molecular weight excluding hydrogens is 224 g/mol. The van der Waals surface area contributed by atoms with Crippen LogP contribution in [0.5, 0.6) is 0 Å². The van der Waals surface area contributed by atoms with E-state index in [0.29, 0.717) is 6.42 Å². The van der Waals surface area contributed by atoms with Crippen LogP contribution in [0.15, 0.2) is 23.8 Å². The molecule has 1 aliphatic rings. The summed E-state index contributed by atoms with van der Waals surface area (Å²) in [7, 11) is -3.52. The molecular formula is C12H20O3S. The fourth-order valence-electron chi connectivity index (χ4n) is 1.71. The van der Waals surface area contributed by atoms with E-state index in [1.807, 2.05) is 19.9 Å². The standard InChI is InChI=1S/C12H20O3S/c1-4-5-9-15-16(13,14)12(3)8-6-7-11(2)10-12/h6-8H,4-5,9-10H2,1-3H3. The summed E-state index contributed by atoms with van der Waals surface area (Å²) in [5.41, 5.74) is 1.06. The Bertz CT molecular complexity index is 392. The van der Waals surface area contributed by atoms with Crippen LogP contribution in [-0.2, 0) is 14.3 Å². The van der Waals surface area contributed by atoms with Crippen molar-refractivity contribution in [2.75, 3.05) is 6.61 Å². The van der Waals surface area contributed by atoms with Gasteiger partial charge in [0.05, 0.1) is 6.61 Å². The van der Waals surface area contributed by atoms with Crippen LogP contribution in [0.3, 0.4) is 0 Å². The molecule has 1 atom stereocenters. The van der Waals surface area contributed by atoms with Crippen molar-refractivity contribution < 1.29 is 12.6 Å². The van der Waals surface area contributed by atoms with E-state index < -0.39 is 14.9 Å². The molecule has 0 N–H and O–H groups in total. The van der Waals surface area contributed by atoms with Gasteiger partial charge in [0.2, 0.25) is 0 Å². The summed E-state index contributed by atoms with van der Waals surface area (Å²) >= 11 is 0. The molecule has 0 bridgehead atoms. The highest BCUT2D eigenvalue weighted by Crippen LogP contribution is 2.31. The van der Waals surface area contributed by atoms with E-state index >= 15 is 0 Å². The fourth-order valence-corrected chi connectivity index (χ4v) is 2.96. The molecule has 1 unspecified atom stereocenters. The second-order valence-electron chi connectivity index (χ2n) is 4.49. The van der Waals surface area contributed by atoms with Crippen molar-refractivity contribution >= 4 is 10.1 Å². The highest BCUT2D eigenvalue weighted by atomic mass is 32.2. The van der Waals surface area contributed by atoms with Crippen molar-refractivity contribution in [3.8, 4) is 0 Å². The first kappa shape index (κ1) is 13.5. The van der Waals surface area contributed by atoms with Crippen LogP contribution in [-0.4, -0.2) is 19.8 Å². The van der Waals surface area contributed by atoms with E-state index in [1.54, 1.807) is 19.1 Å². The van der Waals surface area contributed by atoms with Crippen molar-refractivity contribution in [1.29, 1.82) is 0 Å². The minimum atomic E-state index is -3.52. The summed E-state index contributed by atoms with van der Waals surface area (Å²) in [4.78, 5) is 0. The van der Waals surface area contributed by atoms with Crippen LogP contribution >= 0.6 is 0 Å². The van der Waals surface area contributed by atoms with E-state index in [1.165, 1.54) is 0 Å². The van der Waals surface area contributed by atoms with Crippen LogP contribution in [0, 0.1) is 0 Å². The lowest BCUT2D eigenvalue weighted by Crippen LogP contribution is -2.36. The van der Waals surface area contributed by atoms with Gasteiger partial charge >= 0.3 is 0 Å². The summed E-state index contributed by atoms with van der Waals surface area (Å²) in [5.74, 6) is 0. The zero-order valence-electron chi connectivity index (χ0n) is 10.2. The SMILES string of the molecule is CCCCOS(=O)(=O)C1(C)C=CC=C(C)C1. The zero-order chi connectivity index (χ0) is 12.2. The molecule has 1 aliphatic carbocycles. The lowest BCUT2D eigenvalue weighted by molar-refractivity contribution is 0.298. The van der Waals surface area contributed by atoms with E-state index in [0.717, 1.165) is 18.4 Å². The van der Waals surface area contributed by atoms with Crippen LogP contribution in [0.25, 0.3) is 0 Å². The predicted octanol–water partition coefficient (Wildman–Crippen LogP) is 2.80. The first-order valence-corrected chi connectivity index (χ1v) is 7.06. The van der Waals surface area contributed by atoms with Gasteiger partial charge in [0.15, 0.2) is 0 Å². The molecule has 0 heterocycles. The highest BCUT2D eigenvalue weighted by Gasteiger charge is 2.38. The Morgan fingerprint density at radius 1 is 1.50 bits per heavy atom. The number of rotatable bonds is 5. The third-order valence-corrected chi connectivity index (χ3v) is 4.67. The van der Waals surface area contributed by atoms with Gasteiger partial charge in [-0.25, -0.2) is 0 Å². The van der Waals surface area contributed by atoms with Crippen molar-refractivity contribution in [3.63, 3.8) is 0 Å². The third kappa shape index (κ3) is 2.95. The average molecular weight is 244 g/mol.